The summed E-state index contributed by atoms with van der Waals surface area (Å²) in [6, 6.07) is 6.11. The molecule has 5 heteroatoms. The van der Waals surface area contributed by atoms with Crippen molar-refractivity contribution < 1.29 is 14.6 Å². The fraction of sp³-hybridized carbons (Fsp3) is 0.700. The van der Waals surface area contributed by atoms with E-state index in [0.717, 1.165) is 25.4 Å². The number of benzene rings is 1. The lowest BCUT2D eigenvalue weighted by molar-refractivity contribution is 0.0683. The van der Waals surface area contributed by atoms with Gasteiger partial charge in [-0.05, 0) is 63.1 Å². The van der Waals surface area contributed by atoms with Gasteiger partial charge in [0.05, 0.1) is 7.11 Å². The van der Waals surface area contributed by atoms with E-state index in [9.17, 15) is 5.11 Å². The second-order valence-corrected chi connectivity index (χ2v) is 7.29. The molecule has 25 heavy (non-hydrogen) atoms. The van der Waals surface area contributed by atoms with Crippen LogP contribution in [0.4, 0.5) is 0 Å². The molecule has 0 amide bonds. The maximum Gasteiger partial charge on any atom is 0.161 e. The largest absolute Gasteiger partial charge is 0.493 e. The Hall–Kier alpha value is -1.30. The topological polar surface area (TPSA) is 45.2 Å². The van der Waals surface area contributed by atoms with Crippen LogP contribution in [0.25, 0.3) is 0 Å². The predicted octanol–water partition coefficient (Wildman–Crippen LogP) is 2.52. The van der Waals surface area contributed by atoms with E-state index in [1.54, 1.807) is 7.11 Å². The zero-order valence-electron chi connectivity index (χ0n) is 15.5. The van der Waals surface area contributed by atoms with Crippen molar-refractivity contribution in [2.75, 3.05) is 46.4 Å². The molecule has 0 aromatic heterocycles. The molecule has 0 radical (unpaired) electrons. The van der Waals surface area contributed by atoms with Crippen LogP contribution in [-0.4, -0.2) is 67.5 Å². The van der Waals surface area contributed by atoms with E-state index in [4.69, 9.17) is 9.47 Å². The molecule has 1 atom stereocenters. The van der Waals surface area contributed by atoms with Gasteiger partial charge in [-0.3, -0.25) is 4.90 Å². The van der Waals surface area contributed by atoms with Gasteiger partial charge in [0.15, 0.2) is 11.5 Å². The van der Waals surface area contributed by atoms with E-state index in [0.29, 0.717) is 18.9 Å². The normalized spacial score (nSPS) is 20.6. The van der Waals surface area contributed by atoms with E-state index in [-0.39, 0.29) is 0 Å². The highest BCUT2D eigenvalue weighted by Crippen LogP contribution is 2.29. The van der Waals surface area contributed by atoms with Crippen LogP contribution in [0.3, 0.4) is 0 Å². The first kappa shape index (κ1) is 18.5. The minimum atomic E-state index is -0.469. The van der Waals surface area contributed by atoms with Crippen molar-refractivity contribution in [1.29, 1.82) is 0 Å². The van der Waals surface area contributed by atoms with Gasteiger partial charge in [-0.1, -0.05) is 18.9 Å². The number of hydrogen-bond donors (Lipinski definition) is 1. The molecule has 2 fully saturated rings. The highest BCUT2D eigenvalue weighted by Gasteiger charge is 2.17. The van der Waals surface area contributed by atoms with Gasteiger partial charge in [-0.2, -0.15) is 0 Å². The van der Waals surface area contributed by atoms with Gasteiger partial charge in [0.25, 0.3) is 0 Å². The Kier molecular flexibility index (Phi) is 6.96. The van der Waals surface area contributed by atoms with E-state index < -0.39 is 6.10 Å². The summed E-state index contributed by atoms with van der Waals surface area (Å²) >= 11 is 0. The number of aliphatic hydroxyl groups excluding tert-OH is 1. The fourth-order valence-electron chi connectivity index (χ4n) is 3.58. The van der Waals surface area contributed by atoms with Gasteiger partial charge in [0.1, 0.15) is 12.7 Å². The molecule has 0 saturated carbocycles. The second-order valence-electron chi connectivity index (χ2n) is 7.29. The number of hydrogen-bond acceptors (Lipinski definition) is 5. The molecule has 3 rings (SSSR count). The summed E-state index contributed by atoms with van der Waals surface area (Å²) < 4.78 is 11.3. The lowest BCUT2D eigenvalue weighted by Crippen LogP contribution is -2.36. The Balaban J connectivity index is 1.49. The van der Waals surface area contributed by atoms with Crippen molar-refractivity contribution in [2.24, 2.45) is 0 Å². The summed E-state index contributed by atoms with van der Waals surface area (Å²) in [5.41, 5.74) is 1.24. The van der Waals surface area contributed by atoms with Crippen molar-refractivity contribution in [3.8, 4) is 11.5 Å². The molecule has 5 nitrogen and oxygen atoms in total. The number of nitrogens with zero attached hydrogens (tertiary/aromatic N) is 2. The Morgan fingerprint density at radius 2 is 1.68 bits per heavy atom. The molecule has 0 unspecified atom stereocenters. The quantitative estimate of drug-likeness (QED) is 0.782. The zero-order chi connectivity index (χ0) is 17.5. The SMILES string of the molecule is COc1cc(CN2CCC2)ccc1OC[C@H](O)CN1CCCCCC1. The van der Waals surface area contributed by atoms with Crippen molar-refractivity contribution in [3.05, 3.63) is 23.8 Å². The molecule has 1 aromatic rings. The summed E-state index contributed by atoms with van der Waals surface area (Å²) in [6.07, 6.45) is 5.92. The highest BCUT2D eigenvalue weighted by molar-refractivity contribution is 5.43. The molecule has 2 aliphatic heterocycles. The number of aliphatic hydroxyl groups is 1. The third-order valence-corrected chi connectivity index (χ3v) is 5.18. The number of ether oxygens (including phenoxy) is 2. The minimum absolute atomic E-state index is 0.304. The molecule has 2 aliphatic rings. The van der Waals surface area contributed by atoms with Crippen LogP contribution in [0.1, 0.15) is 37.7 Å². The molecule has 140 valence electrons. The van der Waals surface area contributed by atoms with E-state index in [1.165, 1.54) is 50.8 Å². The molecule has 0 aliphatic carbocycles. The van der Waals surface area contributed by atoms with Crippen LogP contribution >= 0.6 is 0 Å². The standard InChI is InChI=1S/C20H32N2O3/c1-24-20-13-17(14-21-11-6-12-21)7-8-19(20)25-16-18(23)15-22-9-4-2-3-5-10-22/h7-8,13,18,23H,2-6,9-12,14-16H2,1H3/t18-/m1/s1. The lowest BCUT2D eigenvalue weighted by Gasteiger charge is -2.30. The first-order valence-corrected chi connectivity index (χ1v) is 9.67. The maximum atomic E-state index is 10.3. The van der Waals surface area contributed by atoms with E-state index in [1.807, 2.05) is 6.07 Å². The number of methoxy groups -OCH3 is 1. The van der Waals surface area contributed by atoms with Crippen LogP contribution in [-0.2, 0) is 6.54 Å². The Bertz CT molecular complexity index is 526. The molecule has 0 spiro atoms. The monoisotopic (exact) mass is 348 g/mol. The number of β-amino-alcohol motifs (C(OH)–C–C–N with tert-alkyl or cyclic N) is 1. The van der Waals surface area contributed by atoms with Crippen molar-refractivity contribution in [2.45, 2.75) is 44.8 Å². The van der Waals surface area contributed by atoms with Crippen LogP contribution in [0, 0.1) is 0 Å². The summed E-state index contributed by atoms with van der Waals surface area (Å²) in [6.45, 7) is 6.51. The third-order valence-electron chi connectivity index (χ3n) is 5.18. The van der Waals surface area contributed by atoms with Gasteiger partial charge < -0.3 is 19.5 Å². The van der Waals surface area contributed by atoms with Crippen molar-refractivity contribution >= 4 is 0 Å². The Morgan fingerprint density at radius 3 is 2.32 bits per heavy atom. The predicted molar refractivity (Wildman–Crippen MR) is 99.3 cm³/mol. The van der Waals surface area contributed by atoms with Crippen molar-refractivity contribution in [3.63, 3.8) is 0 Å². The summed E-state index contributed by atoms with van der Waals surface area (Å²) in [4.78, 5) is 4.77. The fourth-order valence-corrected chi connectivity index (χ4v) is 3.58. The third kappa shape index (κ3) is 5.59. The van der Waals surface area contributed by atoms with Gasteiger partial charge in [-0.25, -0.2) is 0 Å². The first-order valence-electron chi connectivity index (χ1n) is 9.67. The zero-order valence-corrected chi connectivity index (χ0v) is 15.5. The lowest BCUT2D eigenvalue weighted by atomic mass is 10.1. The van der Waals surface area contributed by atoms with Crippen molar-refractivity contribution in [1.82, 2.24) is 9.80 Å². The van der Waals surface area contributed by atoms with E-state index in [2.05, 4.69) is 21.9 Å². The molecule has 1 aromatic carbocycles. The second kappa shape index (κ2) is 9.41. The highest BCUT2D eigenvalue weighted by atomic mass is 16.5. The van der Waals surface area contributed by atoms with Gasteiger partial charge in [-0.15, -0.1) is 0 Å². The Labute approximate surface area is 151 Å². The van der Waals surface area contributed by atoms with Crippen LogP contribution in [0.15, 0.2) is 18.2 Å². The van der Waals surface area contributed by atoms with E-state index >= 15 is 0 Å². The number of rotatable bonds is 8. The first-order chi connectivity index (χ1) is 12.2. The molecule has 2 heterocycles. The summed E-state index contributed by atoms with van der Waals surface area (Å²) in [5, 5.41) is 10.3. The van der Waals surface area contributed by atoms with Crippen LogP contribution < -0.4 is 9.47 Å². The average Bonchev–Trinajstić information content (AvgIpc) is 2.85. The van der Waals surface area contributed by atoms with Gasteiger partial charge >= 0.3 is 0 Å². The maximum absolute atomic E-state index is 10.3. The average molecular weight is 348 g/mol. The Morgan fingerprint density at radius 1 is 0.960 bits per heavy atom. The molecular formula is C20H32N2O3. The molecule has 0 bridgehead atoms. The minimum Gasteiger partial charge on any atom is -0.493 e. The number of likely N-dealkylation sites (tertiary alicyclic amines) is 2. The summed E-state index contributed by atoms with van der Waals surface area (Å²) in [7, 11) is 1.67. The molecular weight excluding hydrogens is 316 g/mol. The smallest absolute Gasteiger partial charge is 0.161 e. The van der Waals surface area contributed by atoms with Gasteiger partial charge in [0, 0.05) is 13.1 Å². The van der Waals surface area contributed by atoms with Crippen LogP contribution in [0.2, 0.25) is 0 Å². The molecule has 1 N–H and O–H groups in total. The van der Waals surface area contributed by atoms with Crippen LogP contribution in [0.5, 0.6) is 11.5 Å². The summed E-state index contributed by atoms with van der Waals surface area (Å²) in [5.74, 6) is 1.46. The molecule has 2 saturated heterocycles. The van der Waals surface area contributed by atoms with Gasteiger partial charge in [0.2, 0.25) is 0 Å².